The number of halogens is 1. The summed E-state index contributed by atoms with van der Waals surface area (Å²) in [5.41, 5.74) is 0.165. The van der Waals surface area contributed by atoms with Crippen LogP contribution >= 0.6 is 11.6 Å². The van der Waals surface area contributed by atoms with E-state index < -0.39 is 4.92 Å². The molecule has 0 spiro atoms. The Bertz CT molecular complexity index is 547. The zero-order valence-electron chi connectivity index (χ0n) is 11.4. The van der Waals surface area contributed by atoms with Crippen LogP contribution in [0.2, 0.25) is 5.02 Å². The van der Waals surface area contributed by atoms with Crippen molar-refractivity contribution in [2.45, 2.75) is 32.7 Å². The number of hydrogen-bond donors (Lipinski definition) is 1. The summed E-state index contributed by atoms with van der Waals surface area (Å²) in [7, 11) is 0. The molecule has 1 aromatic carbocycles. The highest BCUT2D eigenvalue weighted by atomic mass is 35.5. The first-order valence-corrected chi connectivity index (χ1v) is 7.02. The third kappa shape index (κ3) is 2.93. The van der Waals surface area contributed by atoms with Gasteiger partial charge in [-0.15, -0.1) is 0 Å². The summed E-state index contributed by atoms with van der Waals surface area (Å²) in [5.74, 6) is 0.806. The smallest absolute Gasteiger partial charge is 0.287 e. The Labute approximate surface area is 122 Å². The third-order valence-corrected chi connectivity index (χ3v) is 4.49. The second-order valence-corrected chi connectivity index (χ2v) is 5.82. The standard InChI is InChI=1S/C14H17ClN2O3/c1-8-3-5-12(9(8)2)16-14(18)10-4-6-13(17(19)20)11(15)7-10/h4,6-9,12H,3,5H2,1-2H3,(H,16,18). The molecule has 1 saturated carbocycles. The first-order valence-electron chi connectivity index (χ1n) is 6.65. The molecule has 20 heavy (non-hydrogen) atoms. The Morgan fingerprint density at radius 1 is 1.40 bits per heavy atom. The maximum absolute atomic E-state index is 12.1. The Hall–Kier alpha value is -1.62. The lowest BCUT2D eigenvalue weighted by molar-refractivity contribution is -0.384. The summed E-state index contributed by atoms with van der Waals surface area (Å²) in [5, 5.41) is 13.6. The minimum Gasteiger partial charge on any atom is -0.349 e. The fourth-order valence-corrected chi connectivity index (χ4v) is 2.87. The van der Waals surface area contributed by atoms with E-state index in [1.165, 1.54) is 18.2 Å². The van der Waals surface area contributed by atoms with Gasteiger partial charge < -0.3 is 5.32 Å². The molecule has 2 rings (SSSR count). The number of benzene rings is 1. The molecule has 0 radical (unpaired) electrons. The highest BCUT2D eigenvalue weighted by Gasteiger charge is 2.31. The van der Waals surface area contributed by atoms with E-state index in [0.717, 1.165) is 12.8 Å². The molecule has 1 aromatic rings. The molecule has 6 heteroatoms. The van der Waals surface area contributed by atoms with Crippen LogP contribution in [0.15, 0.2) is 18.2 Å². The molecule has 0 saturated heterocycles. The number of hydrogen-bond acceptors (Lipinski definition) is 3. The first-order chi connectivity index (χ1) is 9.40. The van der Waals surface area contributed by atoms with Crippen LogP contribution in [-0.4, -0.2) is 16.9 Å². The van der Waals surface area contributed by atoms with Crippen molar-refractivity contribution < 1.29 is 9.72 Å². The van der Waals surface area contributed by atoms with E-state index in [-0.39, 0.29) is 22.7 Å². The van der Waals surface area contributed by atoms with Crippen molar-refractivity contribution in [3.63, 3.8) is 0 Å². The minimum atomic E-state index is -0.565. The number of nitrogens with one attached hydrogen (secondary N) is 1. The first kappa shape index (κ1) is 14.8. The van der Waals surface area contributed by atoms with Crippen molar-refractivity contribution in [1.82, 2.24) is 5.32 Å². The lowest BCUT2D eigenvalue weighted by Crippen LogP contribution is -2.37. The highest BCUT2D eigenvalue weighted by molar-refractivity contribution is 6.33. The minimum absolute atomic E-state index is 0.0181. The summed E-state index contributed by atoms with van der Waals surface area (Å²) < 4.78 is 0. The van der Waals surface area contributed by atoms with Gasteiger partial charge in [-0.2, -0.15) is 0 Å². The van der Waals surface area contributed by atoms with E-state index in [9.17, 15) is 14.9 Å². The monoisotopic (exact) mass is 296 g/mol. The van der Waals surface area contributed by atoms with E-state index in [4.69, 9.17) is 11.6 Å². The lowest BCUT2D eigenvalue weighted by Gasteiger charge is -2.19. The van der Waals surface area contributed by atoms with Gasteiger partial charge in [0, 0.05) is 17.7 Å². The fraction of sp³-hybridized carbons (Fsp3) is 0.500. The molecule has 3 atom stereocenters. The summed E-state index contributed by atoms with van der Waals surface area (Å²) >= 11 is 5.82. The summed E-state index contributed by atoms with van der Waals surface area (Å²) in [6.07, 6.45) is 2.07. The zero-order chi connectivity index (χ0) is 14.9. The van der Waals surface area contributed by atoms with Crippen LogP contribution in [0, 0.1) is 22.0 Å². The van der Waals surface area contributed by atoms with Gasteiger partial charge in [-0.05, 0) is 36.8 Å². The van der Waals surface area contributed by atoms with Crippen LogP contribution in [0.1, 0.15) is 37.0 Å². The number of rotatable bonds is 3. The zero-order valence-corrected chi connectivity index (χ0v) is 12.2. The van der Waals surface area contributed by atoms with E-state index in [1.807, 2.05) is 0 Å². The summed E-state index contributed by atoms with van der Waals surface area (Å²) in [6, 6.07) is 4.20. The van der Waals surface area contributed by atoms with Gasteiger partial charge in [-0.25, -0.2) is 0 Å². The molecule has 1 aliphatic rings. The van der Waals surface area contributed by atoms with E-state index in [0.29, 0.717) is 17.4 Å². The molecule has 1 fully saturated rings. The van der Waals surface area contributed by atoms with Crippen LogP contribution in [0.3, 0.4) is 0 Å². The van der Waals surface area contributed by atoms with Gasteiger partial charge in [0.15, 0.2) is 0 Å². The van der Waals surface area contributed by atoms with Crippen molar-refractivity contribution in [2.75, 3.05) is 0 Å². The molecule has 0 aliphatic heterocycles. The van der Waals surface area contributed by atoms with Gasteiger partial charge in [0.25, 0.3) is 11.6 Å². The summed E-state index contributed by atoms with van der Waals surface area (Å²) in [4.78, 5) is 22.3. The molecular weight excluding hydrogens is 280 g/mol. The molecule has 1 N–H and O–H groups in total. The second-order valence-electron chi connectivity index (χ2n) is 5.42. The van der Waals surface area contributed by atoms with E-state index in [2.05, 4.69) is 19.2 Å². The van der Waals surface area contributed by atoms with Gasteiger partial charge in [-0.1, -0.05) is 25.4 Å². The van der Waals surface area contributed by atoms with Crippen molar-refractivity contribution in [1.29, 1.82) is 0 Å². The van der Waals surface area contributed by atoms with Crippen molar-refractivity contribution in [2.24, 2.45) is 11.8 Å². The molecular formula is C14H17ClN2O3. The number of nitro groups is 1. The topological polar surface area (TPSA) is 72.2 Å². The predicted octanol–water partition coefficient (Wildman–Crippen LogP) is 3.41. The van der Waals surface area contributed by atoms with Crippen LogP contribution in [0.25, 0.3) is 0 Å². The number of amides is 1. The third-order valence-electron chi connectivity index (χ3n) is 4.19. The van der Waals surface area contributed by atoms with Crippen molar-refractivity contribution >= 4 is 23.2 Å². The maximum atomic E-state index is 12.1. The molecule has 1 aliphatic carbocycles. The average Bonchev–Trinajstić information content (AvgIpc) is 2.70. The molecule has 0 heterocycles. The van der Waals surface area contributed by atoms with Crippen molar-refractivity contribution in [3.05, 3.63) is 38.9 Å². The van der Waals surface area contributed by atoms with Crippen LogP contribution in [0.5, 0.6) is 0 Å². The van der Waals surface area contributed by atoms with Gasteiger partial charge in [-0.3, -0.25) is 14.9 Å². The largest absolute Gasteiger partial charge is 0.349 e. The van der Waals surface area contributed by atoms with Crippen molar-refractivity contribution in [3.8, 4) is 0 Å². The number of nitrogens with zero attached hydrogens (tertiary/aromatic N) is 1. The maximum Gasteiger partial charge on any atom is 0.287 e. The molecule has 0 bridgehead atoms. The normalized spacial score (nSPS) is 25.4. The molecule has 1 amide bonds. The van der Waals surface area contributed by atoms with Crippen LogP contribution < -0.4 is 5.32 Å². The van der Waals surface area contributed by atoms with E-state index >= 15 is 0 Å². The fourth-order valence-electron chi connectivity index (χ4n) is 2.62. The second kappa shape index (κ2) is 5.79. The van der Waals surface area contributed by atoms with Crippen LogP contribution in [0.4, 0.5) is 5.69 Å². The average molecular weight is 297 g/mol. The Morgan fingerprint density at radius 3 is 2.60 bits per heavy atom. The van der Waals surface area contributed by atoms with Gasteiger partial charge in [0.05, 0.1) is 4.92 Å². The Kier molecular flexibility index (Phi) is 4.28. The molecule has 3 unspecified atom stereocenters. The highest BCUT2D eigenvalue weighted by Crippen LogP contribution is 2.31. The Morgan fingerprint density at radius 2 is 2.10 bits per heavy atom. The number of nitro benzene ring substituents is 1. The molecule has 108 valence electrons. The quantitative estimate of drug-likeness (QED) is 0.686. The van der Waals surface area contributed by atoms with E-state index in [1.54, 1.807) is 0 Å². The molecule has 0 aromatic heterocycles. The Balaban J connectivity index is 2.10. The number of carbonyl (C=O) groups excluding carboxylic acids is 1. The molecule has 5 nitrogen and oxygen atoms in total. The predicted molar refractivity (Wildman–Crippen MR) is 76.9 cm³/mol. The van der Waals surface area contributed by atoms with Gasteiger partial charge in [0.2, 0.25) is 0 Å². The van der Waals surface area contributed by atoms with Gasteiger partial charge in [0.1, 0.15) is 5.02 Å². The van der Waals surface area contributed by atoms with Gasteiger partial charge >= 0.3 is 0 Å². The van der Waals surface area contributed by atoms with Crippen LogP contribution in [-0.2, 0) is 0 Å². The number of carbonyl (C=O) groups is 1. The SMILES string of the molecule is CC1CCC(NC(=O)c2ccc([N+](=O)[O-])c(Cl)c2)C1C. The lowest BCUT2D eigenvalue weighted by atomic mass is 9.97. The summed E-state index contributed by atoms with van der Waals surface area (Å²) in [6.45, 7) is 4.31.